The lowest BCUT2D eigenvalue weighted by molar-refractivity contribution is -0.152. The van der Waals surface area contributed by atoms with Crippen molar-refractivity contribution in [2.45, 2.75) is 11.3 Å². The summed E-state index contributed by atoms with van der Waals surface area (Å²) in [6, 6.07) is 13.5. The average molecular weight is 505 g/mol. The highest BCUT2D eigenvalue weighted by Gasteiger charge is 2.29. The van der Waals surface area contributed by atoms with Crippen molar-refractivity contribution >= 4 is 39.5 Å². The Morgan fingerprint density at radius 2 is 1.76 bits per heavy atom. The molecule has 3 rings (SSSR count). The molecular weight excluding hydrogens is 476 g/mol. The molecule has 2 amide bonds. The van der Waals surface area contributed by atoms with Crippen LogP contribution in [-0.2, 0) is 19.4 Å². The summed E-state index contributed by atoms with van der Waals surface area (Å²) >= 11 is 1.25. The number of nitrogens with zero attached hydrogens (tertiary/aromatic N) is 2. The Hall–Kier alpha value is -2.98. The van der Waals surface area contributed by atoms with E-state index in [0.717, 1.165) is 0 Å². The van der Waals surface area contributed by atoms with E-state index in [2.05, 4.69) is 0 Å². The van der Waals surface area contributed by atoms with Crippen molar-refractivity contribution in [2.75, 3.05) is 44.6 Å². The molecule has 2 aromatic carbocycles. The summed E-state index contributed by atoms with van der Waals surface area (Å²) in [5.74, 6) is 1.04. The minimum absolute atomic E-state index is 0.0529. The Bertz CT molecular complexity index is 1140. The zero-order chi connectivity index (χ0) is 24.6. The molecule has 0 aliphatic carbocycles. The number of carbonyl (C=O) groups is 2. The van der Waals surface area contributed by atoms with Gasteiger partial charge in [-0.2, -0.15) is 11.8 Å². The summed E-state index contributed by atoms with van der Waals surface area (Å²) in [5.41, 5.74) is 0.683. The lowest BCUT2D eigenvalue weighted by Crippen LogP contribution is -2.45. The number of sulfone groups is 1. The zero-order valence-corrected chi connectivity index (χ0v) is 20.8. The van der Waals surface area contributed by atoms with Crippen molar-refractivity contribution in [1.29, 1.82) is 0 Å². The maximum Gasteiger partial charge on any atom is 0.265 e. The Morgan fingerprint density at radius 3 is 2.47 bits per heavy atom. The number of methoxy groups -OCH3 is 2. The van der Waals surface area contributed by atoms with Gasteiger partial charge in [-0.3, -0.25) is 14.6 Å². The van der Waals surface area contributed by atoms with Gasteiger partial charge in [0, 0.05) is 30.5 Å². The number of ether oxygens (including phenoxy) is 2. The molecule has 0 radical (unpaired) electrons. The van der Waals surface area contributed by atoms with Gasteiger partial charge in [-0.15, -0.1) is 0 Å². The van der Waals surface area contributed by atoms with Crippen molar-refractivity contribution in [3.63, 3.8) is 0 Å². The fraction of sp³-hybridized carbons (Fsp3) is 0.333. The molecule has 0 bridgehead atoms. The molecular formula is C24H28N2O6S2. The second kappa shape index (κ2) is 11.9. The quantitative estimate of drug-likeness (QED) is 0.363. The molecule has 0 aromatic heterocycles. The third kappa shape index (κ3) is 6.54. The molecule has 2 aromatic rings. The summed E-state index contributed by atoms with van der Waals surface area (Å²) in [4.78, 5) is 25.8. The maximum absolute atomic E-state index is 12.8. The molecule has 0 saturated carbocycles. The minimum Gasteiger partial charge on any atom is -0.497 e. The van der Waals surface area contributed by atoms with Gasteiger partial charge >= 0.3 is 0 Å². The second-order valence-electron chi connectivity index (χ2n) is 7.46. The summed E-state index contributed by atoms with van der Waals surface area (Å²) in [6.07, 6.45) is 3.72. The predicted octanol–water partition coefficient (Wildman–Crippen LogP) is 2.90. The largest absolute Gasteiger partial charge is 0.497 e. The number of thioether (sulfide) groups is 1. The highest BCUT2D eigenvalue weighted by atomic mass is 32.2. The van der Waals surface area contributed by atoms with E-state index in [9.17, 15) is 18.0 Å². The van der Waals surface area contributed by atoms with E-state index >= 15 is 0 Å². The van der Waals surface area contributed by atoms with Gasteiger partial charge in [0.25, 0.3) is 11.8 Å². The van der Waals surface area contributed by atoms with Gasteiger partial charge in [0.05, 0.1) is 30.6 Å². The third-order valence-corrected chi connectivity index (χ3v) is 8.17. The van der Waals surface area contributed by atoms with Crippen LogP contribution in [-0.4, -0.2) is 74.8 Å². The standard InChI is InChI=1S/C24H28N2O6S2/c1-31-20-10-11-22(32-2)19(17-20)9-12-23(27)25-13-6-14-26(25)24(28)18-33-15-16-34(29,30)21-7-4-3-5-8-21/h3-5,7-12,17H,6,13-16,18H2,1-2H3/b12-9+. The van der Waals surface area contributed by atoms with Crippen LogP contribution in [0.15, 0.2) is 59.5 Å². The molecule has 0 atom stereocenters. The molecule has 1 fully saturated rings. The average Bonchev–Trinajstić information content (AvgIpc) is 3.35. The van der Waals surface area contributed by atoms with Gasteiger partial charge in [0.1, 0.15) is 11.5 Å². The zero-order valence-electron chi connectivity index (χ0n) is 19.2. The smallest absolute Gasteiger partial charge is 0.265 e. The molecule has 0 N–H and O–H groups in total. The van der Waals surface area contributed by atoms with Crippen LogP contribution in [0.4, 0.5) is 0 Å². The van der Waals surface area contributed by atoms with Crippen LogP contribution in [0.1, 0.15) is 12.0 Å². The molecule has 8 nitrogen and oxygen atoms in total. The first-order valence-electron chi connectivity index (χ1n) is 10.7. The van der Waals surface area contributed by atoms with E-state index in [4.69, 9.17) is 9.47 Å². The molecule has 1 aliphatic heterocycles. The molecule has 1 heterocycles. The van der Waals surface area contributed by atoms with Crippen molar-refractivity contribution < 1.29 is 27.5 Å². The molecule has 10 heteroatoms. The summed E-state index contributed by atoms with van der Waals surface area (Å²) in [5, 5.41) is 2.86. The van der Waals surface area contributed by atoms with Crippen LogP contribution >= 0.6 is 11.8 Å². The van der Waals surface area contributed by atoms with Crippen molar-refractivity contribution in [3.05, 3.63) is 60.2 Å². The van der Waals surface area contributed by atoms with Crippen LogP contribution in [0.25, 0.3) is 6.08 Å². The van der Waals surface area contributed by atoms with Gasteiger partial charge in [0.15, 0.2) is 9.84 Å². The van der Waals surface area contributed by atoms with Gasteiger partial charge < -0.3 is 9.47 Å². The lowest BCUT2D eigenvalue weighted by atomic mass is 10.1. The highest BCUT2D eigenvalue weighted by Crippen LogP contribution is 2.25. The molecule has 182 valence electrons. The number of carbonyl (C=O) groups excluding carboxylic acids is 2. The van der Waals surface area contributed by atoms with Crippen molar-refractivity contribution in [2.24, 2.45) is 0 Å². The fourth-order valence-corrected chi connectivity index (χ4v) is 6.09. The Morgan fingerprint density at radius 1 is 1.03 bits per heavy atom. The van der Waals surface area contributed by atoms with E-state index in [-0.39, 0.29) is 28.2 Å². The van der Waals surface area contributed by atoms with E-state index in [1.165, 1.54) is 27.9 Å². The molecule has 1 aliphatic rings. The third-order valence-electron chi connectivity index (χ3n) is 5.24. The van der Waals surface area contributed by atoms with Gasteiger partial charge in [-0.25, -0.2) is 13.4 Å². The molecule has 0 spiro atoms. The van der Waals surface area contributed by atoms with Crippen LogP contribution in [0, 0.1) is 0 Å². The predicted molar refractivity (Wildman–Crippen MR) is 132 cm³/mol. The first kappa shape index (κ1) is 25.6. The van der Waals surface area contributed by atoms with E-state index in [1.54, 1.807) is 68.8 Å². The highest BCUT2D eigenvalue weighted by molar-refractivity contribution is 8.01. The van der Waals surface area contributed by atoms with Crippen LogP contribution in [0.5, 0.6) is 11.5 Å². The van der Waals surface area contributed by atoms with Gasteiger partial charge in [0.2, 0.25) is 0 Å². The van der Waals surface area contributed by atoms with Crippen LogP contribution in [0.2, 0.25) is 0 Å². The van der Waals surface area contributed by atoms with Crippen molar-refractivity contribution in [1.82, 2.24) is 10.0 Å². The normalized spacial score (nSPS) is 13.9. The summed E-state index contributed by atoms with van der Waals surface area (Å²) < 4.78 is 35.3. The number of amides is 2. The SMILES string of the molecule is COc1ccc(OC)c(/C=C/C(=O)N2CCCN2C(=O)CSCCS(=O)(=O)c2ccccc2)c1. The number of hydrogen-bond acceptors (Lipinski definition) is 7. The molecule has 34 heavy (non-hydrogen) atoms. The summed E-state index contributed by atoms with van der Waals surface area (Å²) in [6.45, 7) is 0.890. The van der Waals surface area contributed by atoms with Crippen LogP contribution < -0.4 is 9.47 Å². The Labute approximate surface area is 204 Å². The van der Waals surface area contributed by atoms with E-state index < -0.39 is 9.84 Å². The monoisotopic (exact) mass is 504 g/mol. The first-order chi connectivity index (χ1) is 16.4. The number of rotatable bonds is 10. The summed E-state index contributed by atoms with van der Waals surface area (Å²) in [7, 11) is -0.280. The van der Waals surface area contributed by atoms with Crippen LogP contribution in [0.3, 0.4) is 0 Å². The lowest BCUT2D eigenvalue weighted by Gasteiger charge is -2.26. The number of hydrogen-bond donors (Lipinski definition) is 0. The van der Waals surface area contributed by atoms with E-state index in [1.807, 2.05) is 0 Å². The van der Waals surface area contributed by atoms with E-state index in [0.29, 0.717) is 42.3 Å². The van der Waals surface area contributed by atoms with Gasteiger partial charge in [-0.05, 0) is 42.8 Å². The molecule has 1 saturated heterocycles. The van der Waals surface area contributed by atoms with Gasteiger partial charge in [-0.1, -0.05) is 18.2 Å². The maximum atomic E-state index is 12.8. The molecule has 0 unspecified atom stereocenters. The topological polar surface area (TPSA) is 93.2 Å². The second-order valence-corrected chi connectivity index (χ2v) is 10.7. The first-order valence-corrected chi connectivity index (χ1v) is 13.5. The van der Waals surface area contributed by atoms with Crippen molar-refractivity contribution in [3.8, 4) is 11.5 Å². The minimum atomic E-state index is -3.38. The Balaban J connectivity index is 1.55. The number of hydrazine groups is 1. The number of benzene rings is 2. The fourth-order valence-electron chi connectivity index (χ4n) is 3.47. The Kier molecular flexibility index (Phi) is 9.00.